The van der Waals surface area contributed by atoms with E-state index < -0.39 is 6.10 Å². The standard InChI is InChI=1S/C17H21N3O2/c1-11-6-7-12-4-2-3-5-13(12)16(11)20-17(22)19-14-8-9-18-10-15(14)21/h2-7,14-15,18,21H,8-10H2,1H3,(H2,19,20,22)/t14-,15-/m1/s1. The molecule has 2 aromatic rings. The molecule has 1 heterocycles. The number of aliphatic hydroxyl groups excluding tert-OH is 1. The van der Waals surface area contributed by atoms with Gasteiger partial charge in [-0.05, 0) is 30.8 Å². The molecule has 0 aliphatic carbocycles. The molecule has 1 saturated heterocycles. The molecule has 1 fully saturated rings. The van der Waals surface area contributed by atoms with Crippen LogP contribution in [0, 0.1) is 6.92 Å². The molecule has 116 valence electrons. The number of carbonyl (C=O) groups excluding carboxylic acids is 1. The Morgan fingerprint density at radius 2 is 2.09 bits per heavy atom. The molecule has 5 nitrogen and oxygen atoms in total. The summed E-state index contributed by atoms with van der Waals surface area (Å²) in [4.78, 5) is 12.3. The molecule has 5 heteroatoms. The van der Waals surface area contributed by atoms with E-state index in [4.69, 9.17) is 0 Å². The lowest BCUT2D eigenvalue weighted by Crippen LogP contribution is -2.53. The van der Waals surface area contributed by atoms with Crippen LogP contribution in [0.2, 0.25) is 0 Å². The van der Waals surface area contributed by atoms with Crippen LogP contribution in [-0.4, -0.2) is 36.4 Å². The fourth-order valence-corrected chi connectivity index (χ4v) is 2.87. The van der Waals surface area contributed by atoms with E-state index in [9.17, 15) is 9.90 Å². The summed E-state index contributed by atoms with van der Waals surface area (Å²) >= 11 is 0. The number of aryl methyl sites for hydroxylation is 1. The number of hydrogen-bond acceptors (Lipinski definition) is 3. The lowest BCUT2D eigenvalue weighted by atomic mass is 10.0. The molecule has 2 atom stereocenters. The zero-order valence-electron chi connectivity index (χ0n) is 12.6. The molecule has 22 heavy (non-hydrogen) atoms. The monoisotopic (exact) mass is 299 g/mol. The highest BCUT2D eigenvalue weighted by Gasteiger charge is 2.24. The summed E-state index contributed by atoms with van der Waals surface area (Å²) in [5, 5.41) is 20.9. The van der Waals surface area contributed by atoms with Crippen molar-refractivity contribution in [2.45, 2.75) is 25.5 Å². The summed E-state index contributed by atoms with van der Waals surface area (Å²) in [6, 6.07) is 11.5. The van der Waals surface area contributed by atoms with Gasteiger partial charge in [-0.15, -0.1) is 0 Å². The Labute approximate surface area is 129 Å². The summed E-state index contributed by atoms with van der Waals surface area (Å²) in [7, 11) is 0. The van der Waals surface area contributed by atoms with Gasteiger partial charge in [-0.25, -0.2) is 4.79 Å². The zero-order chi connectivity index (χ0) is 15.5. The van der Waals surface area contributed by atoms with Crippen molar-refractivity contribution in [3.8, 4) is 0 Å². The van der Waals surface area contributed by atoms with Gasteiger partial charge in [0.05, 0.1) is 17.8 Å². The number of rotatable bonds is 2. The van der Waals surface area contributed by atoms with Crippen LogP contribution in [-0.2, 0) is 0 Å². The molecule has 0 radical (unpaired) electrons. The fourth-order valence-electron chi connectivity index (χ4n) is 2.87. The summed E-state index contributed by atoms with van der Waals surface area (Å²) in [6.45, 7) is 3.29. The van der Waals surface area contributed by atoms with Crippen LogP contribution in [0.4, 0.5) is 10.5 Å². The van der Waals surface area contributed by atoms with Crippen LogP contribution in [0.3, 0.4) is 0 Å². The summed E-state index contributed by atoms with van der Waals surface area (Å²) in [5.74, 6) is 0. The van der Waals surface area contributed by atoms with Crippen LogP contribution in [0.25, 0.3) is 10.8 Å². The first kappa shape index (κ1) is 14.8. The Kier molecular flexibility index (Phi) is 4.27. The largest absolute Gasteiger partial charge is 0.390 e. The zero-order valence-corrected chi connectivity index (χ0v) is 12.6. The van der Waals surface area contributed by atoms with Crippen LogP contribution in [0.15, 0.2) is 36.4 Å². The van der Waals surface area contributed by atoms with Gasteiger partial charge in [0.25, 0.3) is 0 Å². The Morgan fingerprint density at radius 1 is 1.27 bits per heavy atom. The van der Waals surface area contributed by atoms with Gasteiger partial charge in [-0.3, -0.25) is 0 Å². The number of benzene rings is 2. The molecule has 0 bridgehead atoms. The molecule has 4 N–H and O–H groups in total. The topological polar surface area (TPSA) is 73.4 Å². The number of β-amino-alcohol motifs (C(OH)–C–C–N with tert-alkyl or cyclic N) is 1. The van der Waals surface area contributed by atoms with E-state index in [-0.39, 0.29) is 12.1 Å². The van der Waals surface area contributed by atoms with Crippen molar-refractivity contribution in [1.29, 1.82) is 0 Å². The van der Waals surface area contributed by atoms with E-state index in [0.29, 0.717) is 6.54 Å². The Balaban J connectivity index is 1.78. The molecule has 1 aliphatic rings. The number of piperidine rings is 1. The van der Waals surface area contributed by atoms with E-state index in [0.717, 1.165) is 35.0 Å². The number of fused-ring (bicyclic) bond motifs is 1. The van der Waals surface area contributed by atoms with Gasteiger partial charge in [-0.2, -0.15) is 0 Å². The minimum atomic E-state index is -0.548. The first-order valence-electron chi connectivity index (χ1n) is 7.60. The van der Waals surface area contributed by atoms with Gasteiger partial charge >= 0.3 is 6.03 Å². The van der Waals surface area contributed by atoms with Crippen molar-refractivity contribution in [3.63, 3.8) is 0 Å². The van der Waals surface area contributed by atoms with E-state index >= 15 is 0 Å². The fraction of sp³-hybridized carbons (Fsp3) is 0.353. The van der Waals surface area contributed by atoms with Crippen LogP contribution in [0.5, 0.6) is 0 Å². The molecule has 3 rings (SSSR count). The second-order valence-corrected chi connectivity index (χ2v) is 5.74. The number of nitrogens with one attached hydrogen (secondary N) is 3. The van der Waals surface area contributed by atoms with Crippen molar-refractivity contribution in [3.05, 3.63) is 42.0 Å². The molecule has 0 saturated carbocycles. The quantitative estimate of drug-likeness (QED) is 0.685. The van der Waals surface area contributed by atoms with Gasteiger partial charge in [0.15, 0.2) is 0 Å². The number of hydrogen-bond donors (Lipinski definition) is 4. The Hall–Kier alpha value is -2.11. The number of amides is 2. The molecule has 2 amide bonds. The van der Waals surface area contributed by atoms with Gasteiger partial charge in [0.2, 0.25) is 0 Å². The SMILES string of the molecule is Cc1ccc2ccccc2c1NC(=O)N[C@@H]1CCNC[C@H]1O. The van der Waals surface area contributed by atoms with Gasteiger partial charge in [-0.1, -0.05) is 36.4 Å². The highest BCUT2D eigenvalue weighted by molar-refractivity contribution is 6.03. The van der Waals surface area contributed by atoms with Gasteiger partial charge in [0.1, 0.15) is 0 Å². The summed E-state index contributed by atoms with van der Waals surface area (Å²) in [6.07, 6.45) is 0.177. The lowest BCUT2D eigenvalue weighted by Gasteiger charge is -2.29. The Morgan fingerprint density at radius 3 is 2.91 bits per heavy atom. The number of anilines is 1. The van der Waals surface area contributed by atoms with Crippen LogP contribution in [0.1, 0.15) is 12.0 Å². The third-order valence-electron chi connectivity index (χ3n) is 4.14. The molecule has 0 spiro atoms. The third kappa shape index (κ3) is 3.05. The maximum atomic E-state index is 12.3. The second kappa shape index (κ2) is 6.34. The van der Waals surface area contributed by atoms with Crippen molar-refractivity contribution in [2.24, 2.45) is 0 Å². The van der Waals surface area contributed by atoms with Crippen LogP contribution >= 0.6 is 0 Å². The smallest absolute Gasteiger partial charge is 0.319 e. The predicted molar refractivity (Wildman–Crippen MR) is 88.1 cm³/mol. The second-order valence-electron chi connectivity index (χ2n) is 5.74. The molecular weight excluding hydrogens is 278 g/mol. The Bertz CT molecular complexity index is 687. The number of carbonyl (C=O) groups is 1. The molecule has 0 unspecified atom stereocenters. The predicted octanol–water partition coefficient (Wildman–Crippen LogP) is 1.99. The third-order valence-corrected chi connectivity index (χ3v) is 4.14. The van der Waals surface area contributed by atoms with E-state index in [1.807, 2.05) is 43.3 Å². The lowest BCUT2D eigenvalue weighted by molar-refractivity contribution is 0.107. The molecule has 2 aromatic carbocycles. The maximum absolute atomic E-state index is 12.3. The van der Waals surface area contributed by atoms with Gasteiger partial charge in [0, 0.05) is 11.9 Å². The van der Waals surface area contributed by atoms with E-state index in [1.54, 1.807) is 0 Å². The van der Waals surface area contributed by atoms with Crippen molar-refractivity contribution in [1.82, 2.24) is 10.6 Å². The van der Waals surface area contributed by atoms with Crippen LogP contribution < -0.4 is 16.0 Å². The van der Waals surface area contributed by atoms with Gasteiger partial charge < -0.3 is 21.1 Å². The average molecular weight is 299 g/mol. The first-order chi connectivity index (χ1) is 10.6. The molecule has 0 aromatic heterocycles. The van der Waals surface area contributed by atoms with Crippen molar-refractivity contribution in [2.75, 3.05) is 18.4 Å². The van der Waals surface area contributed by atoms with E-state index in [1.165, 1.54) is 0 Å². The normalized spacial score (nSPS) is 21.5. The maximum Gasteiger partial charge on any atom is 0.319 e. The average Bonchev–Trinajstić information content (AvgIpc) is 2.52. The minimum absolute atomic E-state index is 0.212. The highest BCUT2D eigenvalue weighted by atomic mass is 16.3. The van der Waals surface area contributed by atoms with E-state index in [2.05, 4.69) is 16.0 Å². The molecular formula is C17H21N3O2. The van der Waals surface area contributed by atoms with Crippen molar-refractivity contribution < 1.29 is 9.90 Å². The van der Waals surface area contributed by atoms with Crippen molar-refractivity contribution >= 4 is 22.5 Å². The highest BCUT2D eigenvalue weighted by Crippen LogP contribution is 2.26. The minimum Gasteiger partial charge on any atom is -0.390 e. The first-order valence-corrected chi connectivity index (χ1v) is 7.60. The summed E-state index contributed by atoms with van der Waals surface area (Å²) < 4.78 is 0. The molecule has 1 aliphatic heterocycles. The number of aliphatic hydroxyl groups is 1. The number of urea groups is 1. The summed E-state index contributed by atoms with van der Waals surface area (Å²) in [5.41, 5.74) is 1.83.